The Morgan fingerprint density at radius 1 is 1.24 bits per heavy atom. The van der Waals surface area contributed by atoms with E-state index in [2.05, 4.69) is 37.9 Å². The van der Waals surface area contributed by atoms with Gasteiger partial charge in [0, 0.05) is 24.1 Å². The third-order valence-corrected chi connectivity index (χ3v) is 7.85. The maximum absolute atomic E-state index is 13.6. The highest BCUT2D eigenvalue weighted by Crippen LogP contribution is 2.53. The fourth-order valence-electron chi connectivity index (χ4n) is 5.02. The molecular formula is C21H33NO2S. The summed E-state index contributed by atoms with van der Waals surface area (Å²) in [6.45, 7) is 11.4. The van der Waals surface area contributed by atoms with Crippen LogP contribution in [-0.2, 0) is 21.1 Å². The monoisotopic (exact) mass is 363 g/mol. The Balaban J connectivity index is 1.78. The fourth-order valence-corrected chi connectivity index (χ4v) is 7.00. The van der Waals surface area contributed by atoms with Crippen LogP contribution >= 0.6 is 0 Å². The molecule has 1 aromatic rings. The van der Waals surface area contributed by atoms with Crippen molar-refractivity contribution in [3.63, 3.8) is 0 Å². The number of ether oxygens (including phenoxy) is 1. The first kappa shape index (κ1) is 18.9. The van der Waals surface area contributed by atoms with E-state index in [-0.39, 0.29) is 5.41 Å². The molecule has 2 fully saturated rings. The van der Waals surface area contributed by atoms with Gasteiger partial charge < -0.3 is 4.74 Å². The summed E-state index contributed by atoms with van der Waals surface area (Å²) in [6.07, 6.45) is 4.48. The Kier molecular flexibility index (Phi) is 5.08. The minimum atomic E-state index is -2.43. The van der Waals surface area contributed by atoms with Crippen molar-refractivity contribution in [2.45, 2.75) is 70.9 Å². The van der Waals surface area contributed by atoms with E-state index >= 15 is 0 Å². The first-order valence-corrected chi connectivity index (χ1v) is 11.1. The quantitative estimate of drug-likeness (QED) is 0.550. The van der Waals surface area contributed by atoms with Crippen LogP contribution in [0.15, 0.2) is 29.2 Å². The van der Waals surface area contributed by atoms with E-state index in [4.69, 9.17) is 4.74 Å². The fraction of sp³-hybridized carbons (Fsp3) is 0.667. The second-order valence-corrected chi connectivity index (χ2v) is 11.3. The van der Waals surface area contributed by atoms with Crippen molar-refractivity contribution in [1.82, 2.24) is 4.31 Å². The third-order valence-electron chi connectivity index (χ3n) is 5.65. The summed E-state index contributed by atoms with van der Waals surface area (Å²) < 4.78 is 21.4. The Morgan fingerprint density at radius 3 is 2.56 bits per heavy atom. The molecule has 1 aliphatic heterocycles. The summed E-state index contributed by atoms with van der Waals surface area (Å²) in [6, 6.07) is 8.41. The Hall–Kier alpha value is -0.840. The average molecular weight is 364 g/mol. The summed E-state index contributed by atoms with van der Waals surface area (Å²) in [5, 5.41) is 0. The minimum absolute atomic E-state index is 0.265. The SMILES string of the molecule is C=S(=O)(c1ccc(COCCC)cc1)N1CC2(C)CC1CC(C)(C)C2. The van der Waals surface area contributed by atoms with Gasteiger partial charge in [-0.3, -0.25) is 0 Å². The van der Waals surface area contributed by atoms with E-state index in [1.807, 2.05) is 24.3 Å². The van der Waals surface area contributed by atoms with Gasteiger partial charge in [-0.1, -0.05) is 39.8 Å². The van der Waals surface area contributed by atoms with Gasteiger partial charge in [0.25, 0.3) is 0 Å². The van der Waals surface area contributed by atoms with E-state index in [1.54, 1.807) is 0 Å². The van der Waals surface area contributed by atoms with Crippen molar-refractivity contribution in [1.29, 1.82) is 0 Å². The Labute approximate surface area is 153 Å². The van der Waals surface area contributed by atoms with E-state index in [0.29, 0.717) is 18.1 Å². The molecule has 140 valence electrons. The molecule has 1 saturated heterocycles. The van der Waals surface area contributed by atoms with Crippen LogP contribution in [0.1, 0.15) is 58.9 Å². The zero-order chi connectivity index (χ0) is 18.3. The molecule has 1 aromatic carbocycles. The largest absolute Gasteiger partial charge is 0.377 e. The highest BCUT2D eigenvalue weighted by molar-refractivity contribution is 7.98. The van der Waals surface area contributed by atoms with Crippen molar-refractivity contribution in [2.75, 3.05) is 13.2 Å². The van der Waals surface area contributed by atoms with Crippen LogP contribution in [0.4, 0.5) is 0 Å². The van der Waals surface area contributed by atoms with Gasteiger partial charge in [-0.2, -0.15) is 0 Å². The molecule has 0 N–H and O–H groups in total. The van der Waals surface area contributed by atoms with Gasteiger partial charge in [-0.05, 0) is 60.1 Å². The predicted molar refractivity (Wildman–Crippen MR) is 106 cm³/mol. The van der Waals surface area contributed by atoms with Gasteiger partial charge in [-0.15, -0.1) is 0 Å². The lowest BCUT2D eigenvalue weighted by Gasteiger charge is -2.39. The maximum atomic E-state index is 13.6. The number of hydrogen-bond acceptors (Lipinski definition) is 2. The number of benzene rings is 1. The van der Waals surface area contributed by atoms with Crippen LogP contribution in [0.2, 0.25) is 0 Å². The summed E-state index contributed by atoms with van der Waals surface area (Å²) in [4.78, 5) is 0.848. The normalized spacial score (nSPS) is 31.0. The van der Waals surface area contributed by atoms with Gasteiger partial charge in [0.15, 0.2) is 0 Å². The molecule has 0 radical (unpaired) electrons. The molecule has 1 saturated carbocycles. The average Bonchev–Trinajstić information content (AvgIpc) is 2.78. The number of nitrogens with zero attached hydrogens (tertiary/aromatic N) is 1. The summed E-state index contributed by atoms with van der Waals surface area (Å²) in [5.74, 6) is 4.19. The van der Waals surface area contributed by atoms with Crippen molar-refractivity contribution < 1.29 is 8.95 Å². The molecule has 0 amide bonds. The third kappa shape index (κ3) is 3.96. The first-order valence-electron chi connectivity index (χ1n) is 9.46. The van der Waals surface area contributed by atoms with Crippen molar-refractivity contribution >= 4 is 15.6 Å². The molecule has 25 heavy (non-hydrogen) atoms. The summed E-state index contributed by atoms with van der Waals surface area (Å²) in [5.41, 5.74) is 1.71. The van der Waals surface area contributed by atoms with E-state index in [9.17, 15) is 4.21 Å². The lowest BCUT2D eigenvalue weighted by atomic mass is 9.65. The lowest BCUT2D eigenvalue weighted by molar-refractivity contribution is 0.121. The second kappa shape index (κ2) is 6.71. The van der Waals surface area contributed by atoms with Crippen molar-refractivity contribution in [3.05, 3.63) is 29.8 Å². The van der Waals surface area contributed by atoms with Crippen LogP contribution in [0.5, 0.6) is 0 Å². The standard InChI is InChI=1S/C21H33NO2S/c1-6-11-24-14-17-7-9-19(10-8-17)25(5,23)22-16-21(4)13-18(22)12-20(2,3)15-21/h7-10,18H,5-6,11-16H2,1-4H3. The van der Waals surface area contributed by atoms with Crippen LogP contribution in [0, 0.1) is 10.8 Å². The zero-order valence-electron chi connectivity index (χ0n) is 16.2. The van der Waals surface area contributed by atoms with E-state index in [1.165, 1.54) is 6.42 Å². The predicted octanol–water partition coefficient (Wildman–Crippen LogP) is 4.50. The second-order valence-electron chi connectivity index (χ2n) is 9.13. The van der Waals surface area contributed by atoms with Crippen molar-refractivity contribution in [2.24, 2.45) is 10.8 Å². The van der Waals surface area contributed by atoms with Crippen LogP contribution in [0.25, 0.3) is 0 Å². The van der Waals surface area contributed by atoms with Gasteiger partial charge >= 0.3 is 0 Å². The molecule has 0 spiro atoms. The molecule has 2 bridgehead atoms. The highest BCUT2D eigenvalue weighted by Gasteiger charge is 2.51. The Morgan fingerprint density at radius 2 is 1.92 bits per heavy atom. The molecule has 3 nitrogen and oxygen atoms in total. The molecule has 0 aromatic heterocycles. The van der Waals surface area contributed by atoms with Gasteiger partial charge in [0.2, 0.25) is 0 Å². The summed E-state index contributed by atoms with van der Waals surface area (Å²) in [7, 11) is -2.43. The smallest absolute Gasteiger partial charge is 0.0716 e. The van der Waals surface area contributed by atoms with Crippen LogP contribution in [0.3, 0.4) is 0 Å². The maximum Gasteiger partial charge on any atom is 0.0716 e. The first-order chi connectivity index (χ1) is 11.7. The number of hydrogen-bond donors (Lipinski definition) is 0. The zero-order valence-corrected chi connectivity index (χ0v) is 17.0. The molecule has 1 aliphatic carbocycles. The van der Waals surface area contributed by atoms with Crippen LogP contribution in [-0.4, -0.2) is 33.6 Å². The summed E-state index contributed by atoms with van der Waals surface area (Å²) >= 11 is 0. The molecule has 3 rings (SSSR count). The number of rotatable bonds is 6. The number of fused-ring (bicyclic) bond motifs is 2. The molecule has 3 unspecified atom stereocenters. The molecule has 4 heteroatoms. The van der Waals surface area contributed by atoms with Gasteiger partial charge in [-0.25, -0.2) is 8.51 Å². The Bertz CT molecular complexity index is 708. The molecule has 1 heterocycles. The van der Waals surface area contributed by atoms with Gasteiger partial charge in [0.1, 0.15) is 0 Å². The minimum Gasteiger partial charge on any atom is -0.377 e. The lowest BCUT2D eigenvalue weighted by Crippen LogP contribution is -2.37. The van der Waals surface area contributed by atoms with Gasteiger partial charge in [0.05, 0.1) is 16.3 Å². The van der Waals surface area contributed by atoms with Crippen LogP contribution < -0.4 is 0 Å². The molecule has 3 atom stereocenters. The topological polar surface area (TPSA) is 29.5 Å². The molecular weight excluding hydrogens is 330 g/mol. The highest BCUT2D eigenvalue weighted by atomic mass is 32.2. The van der Waals surface area contributed by atoms with E-state index in [0.717, 1.165) is 42.9 Å². The molecule has 2 aliphatic rings. The van der Waals surface area contributed by atoms with E-state index < -0.39 is 9.71 Å². The van der Waals surface area contributed by atoms with Crippen molar-refractivity contribution in [3.8, 4) is 0 Å².